The highest BCUT2D eigenvalue weighted by Crippen LogP contribution is 2.06. The molecule has 0 aliphatic carbocycles. The molecule has 7 heteroatoms. The second-order valence-corrected chi connectivity index (χ2v) is 4.58. The first kappa shape index (κ1) is 15.7. The van der Waals surface area contributed by atoms with Gasteiger partial charge in [-0.15, -0.1) is 0 Å². The van der Waals surface area contributed by atoms with E-state index in [1.165, 1.54) is 0 Å². The predicted octanol–water partition coefficient (Wildman–Crippen LogP) is 0.505. The first-order valence-electron chi connectivity index (χ1n) is 5.26. The Morgan fingerprint density at radius 2 is 1.94 bits per heavy atom. The van der Waals surface area contributed by atoms with Crippen molar-refractivity contribution in [2.24, 2.45) is 0 Å². The van der Waals surface area contributed by atoms with Gasteiger partial charge >= 0.3 is 12.1 Å². The molecule has 3 N–H and O–H groups in total. The minimum absolute atomic E-state index is 0.237. The van der Waals surface area contributed by atoms with Crippen molar-refractivity contribution in [3.63, 3.8) is 0 Å². The maximum absolute atomic E-state index is 11.3. The lowest BCUT2D eigenvalue weighted by molar-refractivity contribution is -0.145. The van der Waals surface area contributed by atoms with Crippen LogP contribution in [0.3, 0.4) is 0 Å². The van der Waals surface area contributed by atoms with E-state index in [4.69, 9.17) is 9.84 Å². The van der Waals surface area contributed by atoms with Gasteiger partial charge in [-0.3, -0.25) is 4.84 Å². The van der Waals surface area contributed by atoms with Gasteiger partial charge in [-0.2, -0.15) is 5.48 Å². The summed E-state index contributed by atoms with van der Waals surface area (Å²) in [6.45, 7) is 6.90. The number of rotatable bonds is 6. The lowest BCUT2D eigenvalue weighted by atomic mass is 10.2. The largest absolute Gasteiger partial charge is 0.479 e. The summed E-state index contributed by atoms with van der Waals surface area (Å²) in [4.78, 5) is 26.0. The molecule has 0 saturated carbocycles. The van der Waals surface area contributed by atoms with Crippen LogP contribution < -0.4 is 10.8 Å². The third-order valence-corrected chi connectivity index (χ3v) is 1.45. The Bertz CT molecular complexity index is 262. The summed E-state index contributed by atoms with van der Waals surface area (Å²) in [6.07, 6.45) is -0.523. The molecule has 0 aliphatic heterocycles. The van der Waals surface area contributed by atoms with Gasteiger partial charge < -0.3 is 15.2 Å². The number of carbonyl (C=O) groups is 2. The number of amides is 1. The number of carboxylic acids is 1. The zero-order chi connectivity index (χ0) is 13.5. The number of carbonyl (C=O) groups excluding carboxylic acids is 1. The molecular weight excluding hydrogens is 228 g/mol. The van der Waals surface area contributed by atoms with Gasteiger partial charge in [0.2, 0.25) is 0 Å². The first-order valence-corrected chi connectivity index (χ1v) is 5.26. The number of hydroxylamine groups is 1. The fourth-order valence-corrected chi connectivity index (χ4v) is 0.856. The van der Waals surface area contributed by atoms with Gasteiger partial charge in [0.1, 0.15) is 5.60 Å². The molecule has 0 radical (unpaired) electrons. The average molecular weight is 248 g/mol. The number of aliphatic carboxylic acids is 1. The number of ether oxygens (including phenoxy) is 1. The number of alkyl carbamates (subject to hydrolysis) is 1. The lowest BCUT2D eigenvalue weighted by Gasteiger charge is -2.21. The van der Waals surface area contributed by atoms with Gasteiger partial charge in [-0.25, -0.2) is 9.59 Å². The van der Waals surface area contributed by atoms with Gasteiger partial charge in [0.25, 0.3) is 0 Å². The van der Waals surface area contributed by atoms with Crippen LogP contribution >= 0.6 is 0 Å². The minimum atomic E-state index is -1.06. The molecule has 1 amide bonds. The molecule has 0 rings (SSSR count). The molecule has 0 heterocycles. The molecule has 0 fully saturated rings. The highest BCUT2D eigenvalue weighted by atomic mass is 16.7. The van der Waals surface area contributed by atoms with Crippen molar-refractivity contribution in [3.8, 4) is 0 Å². The summed E-state index contributed by atoms with van der Waals surface area (Å²) in [6, 6.07) is -0.237. The van der Waals surface area contributed by atoms with E-state index in [0.717, 1.165) is 0 Å². The lowest BCUT2D eigenvalue weighted by Crippen LogP contribution is -2.42. The molecule has 100 valence electrons. The van der Waals surface area contributed by atoms with Crippen LogP contribution in [0.5, 0.6) is 0 Å². The van der Waals surface area contributed by atoms with Gasteiger partial charge in [0.15, 0.2) is 6.61 Å². The summed E-state index contributed by atoms with van der Waals surface area (Å²) in [5.41, 5.74) is 1.89. The van der Waals surface area contributed by atoms with Crippen molar-refractivity contribution < 1.29 is 24.3 Å². The normalized spacial score (nSPS) is 12.9. The molecular formula is C10H20N2O5. The quantitative estimate of drug-likeness (QED) is 0.468. The monoisotopic (exact) mass is 248 g/mol. The highest BCUT2D eigenvalue weighted by Gasteiger charge is 2.17. The van der Waals surface area contributed by atoms with Gasteiger partial charge in [-0.1, -0.05) is 0 Å². The molecule has 0 bridgehead atoms. The molecule has 17 heavy (non-hydrogen) atoms. The fraction of sp³-hybridized carbons (Fsp3) is 0.800. The SMILES string of the molecule is C[C@@H](CNOCC(=O)O)NC(=O)OC(C)(C)C. The van der Waals surface area contributed by atoms with E-state index in [1.54, 1.807) is 27.7 Å². The van der Waals surface area contributed by atoms with Crippen LogP contribution in [0.1, 0.15) is 27.7 Å². The molecule has 0 saturated heterocycles. The van der Waals surface area contributed by atoms with Crippen molar-refractivity contribution in [3.05, 3.63) is 0 Å². The molecule has 0 aromatic carbocycles. The number of nitrogens with one attached hydrogen (secondary N) is 2. The highest BCUT2D eigenvalue weighted by molar-refractivity contribution is 5.68. The van der Waals surface area contributed by atoms with Crippen LogP contribution in [0.15, 0.2) is 0 Å². The van der Waals surface area contributed by atoms with E-state index in [1.807, 2.05) is 0 Å². The third kappa shape index (κ3) is 10.9. The zero-order valence-corrected chi connectivity index (χ0v) is 10.6. The smallest absolute Gasteiger partial charge is 0.407 e. The number of hydrogen-bond donors (Lipinski definition) is 3. The number of hydrogen-bond acceptors (Lipinski definition) is 5. The van der Waals surface area contributed by atoms with Crippen LogP contribution in [0.25, 0.3) is 0 Å². The summed E-state index contributed by atoms with van der Waals surface area (Å²) in [5, 5.41) is 10.9. The summed E-state index contributed by atoms with van der Waals surface area (Å²) in [7, 11) is 0. The minimum Gasteiger partial charge on any atom is -0.479 e. The fourth-order valence-electron chi connectivity index (χ4n) is 0.856. The molecule has 0 spiro atoms. The second-order valence-electron chi connectivity index (χ2n) is 4.58. The summed E-state index contributed by atoms with van der Waals surface area (Å²) >= 11 is 0. The van der Waals surface area contributed by atoms with E-state index in [2.05, 4.69) is 15.6 Å². The Morgan fingerprint density at radius 3 is 2.41 bits per heavy atom. The first-order chi connectivity index (χ1) is 7.70. The Balaban J connectivity index is 3.68. The van der Waals surface area contributed by atoms with Gasteiger partial charge in [-0.05, 0) is 27.7 Å². The van der Waals surface area contributed by atoms with E-state index in [-0.39, 0.29) is 12.6 Å². The molecule has 0 aromatic heterocycles. The van der Waals surface area contributed by atoms with Crippen LogP contribution in [0.4, 0.5) is 4.79 Å². The predicted molar refractivity (Wildman–Crippen MR) is 60.4 cm³/mol. The zero-order valence-electron chi connectivity index (χ0n) is 10.6. The molecule has 0 unspecified atom stereocenters. The van der Waals surface area contributed by atoms with Crippen LogP contribution in [0, 0.1) is 0 Å². The van der Waals surface area contributed by atoms with Crippen LogP contribution in [-0.4, -0.2) is 42.0 Å². The van der Waals surface area contributed by atoms with Crippen molar-refractivity contribution in [1.29, 1.82) is 0 Å². The van der Waals surface area contributed by atoms with Crippen LogP contribution in [-0.2, 0) is 14.4 Å². The second kappa shape index (κ2) is 7.08. The maximum Gasteiger partial charge on any atom is 0.407 e. The van der Waals surface area contributed by atoms with E-state index in [9.17, 15) is 9.59 Å². The molecule has 1 atom stereocenters. The van der Waals surface area contributed by atoms with Crippen molar-refractivity contribution >= 4 is 12.1 Å². The van der Waals surface area contributed by atoms with Crippen molar-refractivity contribution in [1.82, 2.24) is 10.8 Å². The van der Waals surface area contributed by atoms with E-state index >= 15 is 0 Å². The Labute approximate surface area is 100 Å². The molecule has 0 aromatic rings. The maximum atomic E-state index is 11.3. The Hall–Kier alpha value is -1.34. The van der Waals surface area contributed by atoms with E-state index in [0.29, 0.717) is 0 Å². The average Bonchev–Trinajstić information content (AvgIpc) is 2.08. The molecule has 7 nitrogen and oxygen atoms in total. The van der Waals surface area contributed by atoms with Gasteiger partial charge in [0.05, 0.1) is 0 Å². The summed E-state index contributed by atoms with van der Waals surface area (Å²) < 4.78 is 5.04. The standard InChI is InChI=1S/C10H20N2O5/c1-7(5-11-16-6-8(13)14)12-9(15)17-10(2,3)4/h7,11H,5-6H2,1-4H3,(H,12,15)(H,13,14)/t7-/m0/s1. The molecule has 0 aliphatic rings. The van der Waals surface area contributed by atoms with Crippen LogP contribution in [0.2, 0.25) is 0 Å². The van der Waals surface area contributed by atoms with Crippen molar-refractivity contribution in [2.75, 3.05) is 13.2 Å². The third-order valence-electron chi connectivity index (χ3n) is 1.45. The Morgan fingerprint density at radius 1 is 1.35 bits per heavy atom. The number of carboxylic acid groups (broad SMARTS) is 1. The van der Waals surface area contributed by atoms with E-state index < -0.39 is 24.3 Å². The Kier molecular flexibility index (Phi) is 6.52. The van der Waals surface area contributed by atoms with Crippen molar-refractivity contribution in [2.45, 2.75) is 39.3 Å². The topological polar surface area (TPSA) is 96.9 Å². The van der Waals surface area contributed by atoms with Gasteiger partial charge in [0, 0.05) is 12.6 Å². The summed E-state index contributed by atoms with van der Waals surface area (Å²) in [5.74, 6) is -1.06.